The van der Waals surface area contributed by atoms with Gasteiger partial charge in [0, 0.05) is 4.47 Å². The number of carbonyl (C=O) groups excluding carboxylic acids is 1. The number of amides is 1. The SMILES string of the molecule is CC1=NN(C(N)=S)C(=O)[C@H]1N=Nc1ccc(C)c(Br)c1. The molecule has 1 aromatic rings. The molecule has 0 spiro atoms. The molecule has 0 radical (unpaired) electrons. The summed E-state index contributed by atoms with van der Waals surface area (Å²) in [6, 6.07) is 4.80. The molecule has 8 heteroatoms. The van der Waals surface area contributed by atoms with Gasteiger partial charge in [-0.25, -0.2) is 0 Å². The zero-order valence-electron chi connectivity index (χ0n) is 10.9. The molecule has 0 unspecified atom stereocenters. The van der Waals surface area contributed by atoms with Crippen LogP contribution in [-0.4, -0.2) is 27.8 Å². The van der Waals surface area contributed by atoms with Gasteiger partial charge in [-0.05, 0) is 43.8 Å². The molecule has 2 N–H and O–H groups in total. The number of rotatable bonds is 2. The molecular formula is C12H12BrN5OS. The van der Waals surface area contributed by atoms with Crippen LogP contribution in [0.25, 0.3) is 0 Å². The van der Waals surface area contributed by atoms with E-state index in [1.165, 1.54) is 0 Å². The number of thiocarbonyl (C=S) groups is 1. The fourth-order valence-corrected chi connectivity index (χ4v) is 2.11. The maximum absolute atomic E-state index is 12.0. The highest BCUT2D eigenvalue weighted by Crippen LogP contribution is 2.24. The Kier molecular flexibility index (Phi) is 4.24. The number of halogens is 1. The van der Waals surface area contributed by atoms with Crippen LogP contribution in [0.3, 0.4) is 0 Å². The van der Waals surface area contributed by atoms with Gasteiger partial charge in [0.25, 0.3) is 5.91 Å². The average Bonchev–Trinajstić information content (AvgIpc) is 2.67. The van der Waals surface area contributed by atoms with Gasteiger partial charge in [0.1, 0.15) is 0 Å². The van der Waals surface area contributed by atoms with Crippen molar-refractivity contribution < 1.29 is 4.79 Å². The van der Waals surface area contributed by atoms with Gasteiger partial charge >= 0.3 is 0 Å². The van der Waals surface area contributed by atoms with Gasteiger partial charge in [-0.3, -0.25) is 4.79 Å². The third kappa shape index (κ3) is 2.91. The van der Waals surface area contributed by atoms with Crippen molar-refractivity contribution in [2.45, 2.75) is 19.9 Å². The van der Waals surface area contributed by atoms with Crippen LogP contribution in [0, 0.1) is 6.92 Å². The van der Waals surface area contributed by atoms with Crippen LogP contribution in [0.15, 0.2) is 38.0 Å². The van der Waals surface area contributed by atoms with Crippen LogP contribution in [0.5, 0.6) is 0 Å². The first-order chi connectivity index (χ1) is 9.40. The molecule has 1 aliphatic rings. The van der Waals surface area contributed by atoms with Gasteiger partial charge in [-0.1, -0.05) is 22.0 Å². The molecule has 0 saturated carbocycles. The lowest BCUT2D eigenvalue weighted by molar-refractivity contribution is -0.126. The quantitative estimate of drug-likeness (QED) is 0.655. The zero-order chi connectivity index (χ0) is 14.9. The van der Waals surface area contributed by atoms with E-state index < -0.39 is 6.04 Å². The van der Waals surface area contributed by atoms with Crippen LogP contribution in [0.4, 0.5) is 5.69 Å². The lowest BCUT2D eigenvalue weighted by Gasteiger charge is -2.08. The van der Waals surface area contributed by atoms with Crippen molar-refractivity contribution in [2.24, 2.45) is 21.1 Å². The number of hydrogen-bond acceptors (Lipinski definition) is 5. The molecule has 1 amide bonds. The second kappa shape index (κ2) is 5.76. The Morgan fingerprint density at radius 2 is 2.20 bits per heavy atom. The van der Waals surface area contributed by atoms with E-state index in [9.17, 15) is 4.79 Å². The Labute approximate surface area is 129 Å². The predicted molar refractivity (Wildman–Crippen MR) is 83.9 cm³/mol. The minimum absolute atomic E-state index is 0.0925. The fourth-order valence-electron chi connectivity index (χ4n) is 1.62. The number of benzene rings is 1. The molecule has 1 heterocycles. The van der Waals surface area contributed by atoms with Gasteiger partial charge in [-0.2, -0.15) is 20.3 Å². The summed E-state index contributed by atoms with van der Waals surface area (Å²) in [5.41, 5.74) is 7.66. The molecule has 0 bridgehead atoms. The largest absolute Gasteiger partial charge is 0.374 e. The highest BCUT2D eigenvalue weighted by atomic mass is 79.9. The molecule has 0 aromatic heterocycles. The first-order valence-electron chi connectivity index (χ1n) is 5.75. The van der Waals surface area contributed by atoms with Crippen molar-refractivity contribution in [2.75, 3.05) is 0 Å². The number of carbonyl (C=O) groups is 1. The first-order valence-corrected chi connectivity index (χ1v) is 6.96. The summed E-state index contributed by atoms with van der Waals surface area (Å²) in [6.45, 7) is 3.66. The van der Waals surface area contributed by atoms with Crippen LogP contribution in [0.2, 0.25) is 0 Å². The summed E-state index contributed by atoms with van der Waals surface area (Å²) in [5, 5.41) is 12.9. The van der Waals surface area contributed by atoms with Crippen molar-refractivity contribution in [1.29, 1.82) is 0 Å². The van der Waals surface area contributed by atoms with E-state index in [-0.39, 0.29) is 11.0 Å². The topological polar surface area (TPSA) is 83.4 Å². The minimum Gasteiger partial charge on any atom is -0.374 e. The van der Waals surface area contributed by atoms with Crippen molar-refractivity contribution in [3.05, 3.63) is 28.2 Å². The number of hydrazone groups is 1. The minimum atomic E-state index is -0.767. The van der Waals surface area contributed by atoms with Crippen LogP contribution in [0.1, 0.15) is 12.5 Å². The van der Waals surface area contributed by atoms with E-state index >= 15 is 0 Å². The van der Waals surface area contributed by atoms with Crippen LogP contribution in [-0.2, 0) is 4.79 Å². The zero-order valence-corrected chi connectivity index (χ0v) is 13.3. The highest BCUT2D eigenvalue weighted by Gasteiger charge is 2.35. The number of azo groups is 1. The Balaban J connectivity index is 2.20. The van der Waals surface area contributed by atoms with E-state index in [0.29, 0.717) is 11.4 Å². The molecule has 0 fully saturated rings. The van der Waals surface area contributed by atoms with Crippen molar-refractivity contribution in [3.63, 3.8) is 0 Å². The third-order valence-corrected chi connectivity index (χ3v) is 3.78. The van der Waals surface area contributed by atoms with Gasteiger partial charge in [-0.15, -0.1) is 0 Å². The second-order valence-electron chi connectivity index (χ2n) is 4.28. The summed E-state index contributed by atoms with van der Waals surface area (Å²) >= 11 is 8.16. The molecular weight excluding hydrogens is 342 g/mol. The molecule has 1 atom stereocenters. The van der Waals surface area contributed by atoms with Gasteiger partial charge < -0.3 is 5.73 Å². The van der Waals surface area contributed by atoms with Gasteiger partial charge in [0.15, 0.2) is 11.2 Å². The lowest BCUT2D eigenvalue weighted by Crippen LogP contribution is -2.37. The summed E-state index contributed by atoms with van der Waals surface area (Å²) in [6.07, 6.45) is 0. The molecule has 2 rings (SSSR count). The van der Waals surface area contributed by atoms with E-state index in [2.05, 4.69) is 31.3 Å². The Morgan fingerprint density at radius 3 is 2.75 bits per heavy atom. The van der Waals surface area contributed by atoms with Crippen LogP contribution >= 0.6 is 28.1 Å². The molecule has 1 aliphatic heterocycles. The fraction of sp³-hybridized carbons (Fsp3) is 0.250. The van der Waals surface area contributed by atoms with Crippen molar-refractivity contribution in [1.82, 2.24) is 5.01 Å². The highest BCUT2D eigenvalue weighted by molar-refractivity contribution is 9.10. The molecule has 0 aliphatic carbocycles. The summed E-state index contributed by atoms with van der Waals surface area (Å²) < 4.78 is 0.932. The van der Waals surface area contributed by atoms with Gasteiger partial charge in [0.2, 0.25) is 0 Å². The van der Waals surface area contributed by atoms with Gasteiger partial charge in [0.05, 0.1) is 11.4 Å². The van der Waals surface area contributed by atoms with E-state index in [4.69, 9.17) is 18.0 Å². The first kappa shape index (κ1) is 14.7. The molecule has 1 aromatic carbocycles. The van der Waals surface area contributed by atoms with Crippen molar-refractivity contribution in [3.8, 4) is 0 Å². The Morgan fingerprint density at radius 1 is 1.50 bits per heavy atom. The van der Waals surface area contributed by atoms with E-state index in [1.54, 1.807) is 6.92 Å². The van der Waals surface area contributed by atoms with E-state index in [0.717, 1.165) is 15.0 Å². The number of aryl methyl sites for hydroxylation is 1. The smallest absolute Gasteiger partial charge is 0.282 e. The Hall–Kier alpha value is -1.67. The molecule has 104 valence electrons. The maximum atomic E-state index is 12.0. The second-order valence-corrected chi connectivity index (χ2v) is 5.55. The molecule has 6 nitrogen and oxygen atoms in total. The van der Waals surface area contributed by atoms with E-state index in [1.807, 2.05) is 25.1 Å². The summed E-state index contributed by atoms with van der Waals surface area (Å²) in [5.74, 6) is -0.384. The normalized spacial score (nSPS) is 18.8. The lowest BCUT2D eigenvalue weighted by atomic mass is 10.2. The van der Waals surface area contributed by atoms with Crippen molar-refractivity contribution >= 4 is 50.6 Å². The van der Waals surface area contributed by atoms with Crippen LogP contribution < -0.4 is 5.73 Å². The average molecular weight is 354 g/mol. The number of nitrogens with zero attached hydrogens (tertiary/aromatic N) is 4. The summed E-state index contributed by atoms with van der Waals surface area (Å²) in [7, 11) is 0. The maximum Gasteiger partial charge on any atom is 0.282 e. The Bertz CT molecular complexity index is 643. The number of hydrogen-bond donors (Lipinski definition) is 1. The predicted octanol–water partition coefficient (Wildman–Crippen LogP) is 2.67. The third-order valence-electron chi connectivity index (χ3n) is 2.75. The number of nitrogens with two attached hydrogens (primary N) is 1. The monoisotopic (exact) mass is 353 g/mol. The molecule has 0 saturated heterocycles. The summed E-state index contributed by atoms with van der Waals surface area (Å²) in [4.78, 5) is 12.0. The molecule has 20 heavy (non-hydrogen) atoms. The standard InChI is InChI=1S/C12H12BrN5OS/c1-6-3-4-8(5-9(6)13)15-16-10-7(2)17-18(11(10)19)12(14)20/h3-5,10H,1-2H3,(H2,14,20)/t10-/m0/s1.